The molecule has 0 saturated carbocycles. The molecule has 0 saturated heterocycles. The number of fused-ring (bicyclic) bond motifs is 1. The second-order valence-corrected chi connectivity index (χ2v) is 5.22. The molecule has 1 atom stereocenters. The Bertz CT molecular complexity index is 555. The number of hydrogen-bond donors (Lipinski definition) is 1. The molecule has 0 aliphatic heterocycles. The molecule has 2 heterocycles. The van der Waals surface area contributed by atoms with Crippen molar-refractivity contribution in [3.05, 3.63) is 23.1 Å². The number of imidazole rings is 1. The zero-order chi connectivity index (χ0) is 13.0. The first-order valence-corrected chi connectivity index (χ1v) is 7.20. The van der Waals surface area contributed by atoms with E-state index in [2.05, 4.69) is 28.4 Å². The highest BCUT2D eigenvalue weighted by atomic mass is 32.1. The lowest BCUT2D eigenvalue weighted by Gasteiger charge is -2.15. The van der Waals surface area contributed by atoms with Crippen LogP contribution in [0.2, 0.25) is 0 Å². The Morgan fingerprint density at radius 2 is 2.28 bits per heavy atom. The summed E-state index contributed by atoms with van der Waals surface area (Å²) < 4.78 is 2.94. The van der Waals surface area contributed by atoms with E-state index in [1.807, 2.05) is 18.3 Å². The van der Waals surface area contributed by atoms with E-state index in [1.165, 1.54) is 25.7 Å². The zero-order valence-electron chi connectivity index (χ0n) is 11.1. The number of nitrogens with zero attached hydrogens (tertiary/aromatic N) is 2. The standard InChI is InChI=1S/C14H21N3S/c1-3-5-7-11(4-2)10-17-13-12(16-14(17)18)8-6-9-15-13/h6,8-9,11H,3-5,7,10H2,1-2H3,(H,16,18). The first kappa shape index (κ1) is 13.3. The summed E-state index contributed by atoms with van der Waals surface area (Å²) in [5.41, 5.74) is 2.02. The van der Waals surface area contributed by atoms with Crippen LogP contribution in [0.1, 0.15) is 39.5 Å². The Labute approximate surface area is 113 Å². The van der Waals surface area contributed by atoms with Crippen LogP contribution in [0, 0.1) is 10.7 Å². The van der Waals surface area contributed by atoms with Crippen molar-refractivity contribution in [1.82, 2.24) is 14.5 Å². The largest absolute Gasteiger partial charge is 0.329 e. The van der Waals surface area contributed by atoms with E-state index in [0.29, 0.717) is 5.92 Å². The minimum absolute atomic E-state index is 0.692. The monoisotopic (exact) mass is 263 g/mol. The summed E-state index contributed by atoms with van der Waals surface area (Å²) in [5, 5.41) is 0. The first-order chi connectivity index (χ1) is 8.76. The van der Waals surface area contributed by atoms with Crippen LogP contribution < -0.4 is 0 Å². The fourth-order valence-electron chi connectivity index (χ4n) is 2.33. The minimum Gasteiger partial charge on any atom is -0.329 e. The molecule has 0 spiro atoms. The summed E-state index contributed by atoms with van der Waals surface area (Å²) in [6.07, 6.45) is 6.85. The molecule has 18 heavy (non-hydrogen) atoms. The van der Waals surface area contributed by atoms with E-state index >= 15 is 0 Å². The summed E-state index contributed by atoms with van der Waals surface area (Å²) in [6.45, 7) is 5.48. The molecule has 98 valence electrons. The highest BCUT2D eigenvalue weighted by Gasteiger charge is 2.11. The Kier molecular flexibility index (Phi) is 4.53. The summed E-state index contributed by atoms with van der Waals surface area (Å²) in [6, 6.07) is 3.97. The first-order valence-electron chi connectivity index (χ1n) is 6.79. The van der Waals surface area contributed by atoms with E-state index in [4.69, 9.17) is 12.2 Å². The molecule has 0 aliphatic carbocycles. The lowest BCUT2D eigenvalue weighted by molar-refractivity contribution is 0.392. The van der Waals surface area contributed by atoms with Gasteiger partial charge in [0.15, 0.2) is 10.4 Å². The Morgan fingerprint density at radius 1 is 1.44 bits per heavy atom. The molecule has 1 N–H and O–H groups in total. The van der Waals surface area contributed by atoms with Crippen LogP contribution in [-0.2, 0) is 6.54 Å². The van der Waals surface area contributed by atoms with Gasteiger partial charge in [0.25, 0.3) is 0 Å². The molecule has 0 fully saturated rings. The molecule has 0 radical (unpaired) electrons. The summed E-state index contributed by atoms with van der Waals surface area (Å²) in [4.78, 5) is 7.66. The second-order valence-electron chi connectivity index (χ2n) is 4.83. The van der Waals surface area contributed by atoms with E-state index in [0.717, 1.165) is 22.5 Å². The normalized spacial score (nSPS) is 13.0. The highest BCUT2D eigenvalue weighted by Crippen LogP contribution is 2.18. The number of aromatic nitrogens is 3. The van der Waals surface area contributed by atoms with Gasteiger partial charge in [-0.05, 0) is 36.7 Å². The maximum Gasteiger partial charge on any atom is 0.179 e. The van der Waals surface area contributed by atoms with Crippen molar-refractivity contribution in [3.8, 4) is 0 Å². The smallest absolute Gasteiger partial charge is 0.179 e. The number of aromatic amines is 1. The Hall–Kier alpha value is -1.16. The minimum atomic E-state index is 0.692. The fraction of sp³-hybridized carbons (Fsp3) is 0.571. The van der Waals surface area contributed by atoms with Gasteiger partial charge in [-0.3, -0.25) is 0 Å². The van der Waals surface area contributed by atoms with Gasteiger partial charge in [0.1, 0.15) is 0 Å². The quantitative estimate of drug-likeness (QED) is 0.788. The van der Waals surface area contributed by atoms with E-state index < -0.39 is 0 Å². The van der Waals surface area contributed by atoms with Gasteiger partial charge in [-0.15, -0.1) is 0 Å². The van der Waals surface area contributed by atoms with Crippen LogP contribution in [0.5, 0.6) is 0 Å². The van der Waals surface area contributed by atoms with Gasteiger partial charge in [-0.2, -0.15) is 0 Å². The van der Waals surface area contributed by atoms with E-state index in [-0.39, 0.29) is 0 Å². The molecule has 0 amide bonds. The van der Waals surface area contributed by atoms with Crippen molar-refractivity contribution in [3.63, 3.8) is 0 Å². The SMILES string of the molecule is CCCCC(CC)Cn1c(=S)[nH]c2cccnc21. The summed E-state index contributed by atoms with van der Waals surface area (Å²) in [5.74, 6) is 0.692. The number of nitrogens with one attached hydrogen (secondary N) is 1. The van der Waals surface area contributed by atoms with Crippen molar-refractivity contribution in [2.45, 2.75) is 46.1 Å². The van der Waals surface area contributed by atoms with Crippen LogP contribution >= 0.6 is 12.2 Å². The van der Waals surface area contributed by atoms with Crippen LogP contribution in [0.3, 0.4) is 0 Å². The van der Waals surface area contributed by atoms with Crippen molar-refractivity contribution in [1.29, 1.82) is 0 Å². The molecule has 2 aromatic heterocycles. The molecule has 1 unspecified atom stereocenters. The predicted molar refractivity (Wildman–Crippen MR) is 78.2 cm³/mol. The number of unbranched alkanes of at least 4 members (excludes halogenated alkanes) is 1. The molecule has 0 bridgehead atoms. The van der Waals surface area contributed by atoms with Gasteiger partial charge in [-0.1, -0.05) is 33.1 Å². The van der Waals surface area contributed by atoms with E-state index in [9.17, 15) is 0 Å². The second kappa shape index (κ2) is 6.14. The third kappa shape index (κ3) is 2.80. The number of pyridine rings is 1. The van der Waals surface area contributed by atoms with Crippen LogP contribution in [0.25, 0.3) is 11.2 Å². The van der Waals surface area contributed by atoms with Gasteiger partial charge in [0, 0.05) is 12.7 Å². The summed E-state index contributed by atoms with van der Waals surface area (Å²) >= 11 is 5.40. The van der Waals surface area contributed by atoms with Crippen molar-refractivity contribution in [2.24, 2.45) is 5.92 Å². The average Bonchev–Trinajstić information content (AvgIpc) is 2.70. The van der Waals surface area contributed by atoms with Gasteiger partial charge in [-0.25, -0.2) is 4.98 Å². The van der Waals surface area contributed by atoms with Gasteiger partial charge < -0.3 is 9.55 Å². The Balaban J connectivity index is 2.24. The topological polar surface area (TPSA) is 33.6 Å². The third-order valence-electron chi connectivity index (χ3n) is 3.51. The van der Waals surface area contributed by atoms with Crippen LogP contribution in [0.4, 0.5) is 0 Å². The number of hydrogen-bond acceptors (Lipinski definition) is 2. The lowest BCUT2D eigenvalue weighted by Crippen LogP contribution is -2.10. The maximum atomic E-state index is 5.40. The molecule has 4 heteroatoms. The molecular weight excluding hydrogens is 242 g/mol. The zero-order valence-corrected chi connectivity index (χ0v) is 12.0. The highest BCUT2D eigenvalue weighted by molar-refractivity contribution is 7.71. The van der Waals surface area contributed by atoms with Crippen molar-refractivity contribution in [2.75, 3.05) is 0 Å². The molecule has 2 rings (SSSR count). The fourth-order valence-corrected chi connectivity index (χ4v) is 2.60. The molecule has 0 aromatic carbocycles. The average molecular weight is 263 g/mol. The van der Waals surface area contributed by atoms with Gasteiger partial charge in [0.2, 0.25) is 0 Å². The maximum absolute atomic E-state index is 5.40. The van der Waals surface area contributed by atoms with Crippen molar-refractivity contribution < 1.29 is 0 Å². The molecule has 3 nitrogen and oxygen atoms in total. The predicted octanol–water partition coefficient (Wildman–Crippen LogP) is 4.31. The number of rotatable bonds is 6. The Morgan fingerprint density at radius 3 is 3.00 bits per heavy atom. The van der Waals surface area contributed by atoms with Crippen LogP contribution in [-0.4, -0.2) is 14.5 Å². The summed E-state index contributed by atoms with van der Waals surface area (Å²) in [7, 11) is 0. The lowest BCUT2D eigenvalue weighted by atomic mass is 9.99. The van der Waals surface area contributed by atoms with Crippen LogP contribution in [0.15, 0.2) is 18.3 Å². The number of H-pyrrole nitrogens is 1. The molecule has 0 aliphatic rings. The van der Waals surface area contributed by atoms with Gasteiger partial charge >= 0.3 is 0 Å². The molecule has 2 aromatic rings. The van der Waals surface area contributed by atoms with Crippen molar-refractivity contribution >= 4 is 23.4 Å². The third-order valence-corrected chi connectivity index (χ3v) is 3.84. The van der Waals surface area contributed by atoms with E-state index in [1.54, 1.807) is 0 Å². The van der Waals surface area contributed by atoms with Gasteiger partial charge in [0.05, 0.1) is 5.52 Å². The molecular formula is C14H21N3S.